The van der Waals surface area contributed by atoms with Crippen molar-refractivity contribution in [3.05, 3.63) is 0 Å². The van der Waals surface area contributed by atoms with E-state index in [1.807, 2.05) is 0 Å². The molecule has 5 nitrogen and oxygen atoms in total. The fourth-order valence-electron chi connectivity index (χ4n) is 2.92. The van der Waals surface area contributed by atoms with Crippen LogP contribution in [0.2, 0.25) is 0 Å². The molecule has 0 aromatic rings. The molecule has 2 fully saturated rings. The van der Waals surface area contributed by atoms with Crippen molar-refractivity contribution in [2.45, 2.75) is 44.3 Å². The number of aliphatic carboxylic acids is 1. The zero-order chi connectivity index (χ0) is 13.0. The van der Waals surface area contributed by atoms with Crippen LogP contribution in [-0.4, -0.2) is 42.8 Å². The monoisotopic (exact) mass is 256 g/mol. The van der Waals surface area contributed by atoms with Crippen LogP contribution in [0.1, 0.15) is 32.1 Å². The summed E-state index contributed by atoms with van der Waals surface area (Å²) in [5.41, 5.74) is 0. The lowest BCUT2D eigenvalue weighted by molar-refractivity contribution is -0.137. The minimum Gasteiger partial charge on any atom is -0.481 e. The zero-order valence-corrected chi connectivity index (χ0v) is 10.4. The second-order valence-corrected chi connectivity index (χ2v) is 5.09. The van der Waals surface area contributed by atoms with Gasteiger partial charge >= 0.3 is 5.97 Å². The highest BCUT2D eigenvalue weighted by Gasteiger charge is 2.48. The molecular weight excluding hydrogens is 236 g/mol. The first-order valence-corrected chi connectivity index (χ1v) is 6.62. The zero-order valence-electron chi connectivity index (χ0n) is 10.4. The summed E-state index contributed by atoms with van der Waals surface area (Å²) in [5.74, 6) is -0.582. The molecule has 2 aliphatic heterocycles. The third-order valence-corrected chi connectivity index (χ3v) is 3.88. The number of aldehydes is 1. The van der Waals surface area contributed by atoms with Gasteiger partial charge in [-0.25, -0.2) is 0 Å². The van der Waals surface area contributed by atoms with Gasteiger partial charge in [-0.2, -0.15) is 0 Å². The van der Waals surface area contributed by atoms with Crippen LogP contribution >= 0.6 is 0 Å². The number of fused-ring (bicyclic) bond motifs is 2. The van der Waals surface area contributed by atoms with Gasteiger partial charge in [-0.3, -0.25) is 4.79 Å². The van der Waals surface area contributed by atoms with E-state index in [2.05, 4.69) is 0 Å². The van der Waals surface area contributed by atoms with Gasteiger partial charge in [0.05, 0.1) is 18.8 Å². The van der Waals surface area contributed by atoms with E-state index < -0.39 is 5.97 Å². The molecule has 2 bridgehead atoms. The van der Waals surface area contributed by atoms with Crippen LogP contribution in [-0.2, 0) is 19.1 Å². The molecule has 0 radical (unpaired) electrons. The Morgan fingerprint density at radius 2 is 2.11 bits per heavy atom. The van der Waals surface area contributed by atoms with E-state index >= 15 is 0 Å². The highest BCUT2D eigenvalue weighted by molar-refractivity contribution is 5.66. The minimum absolute atomic E-state index is 0.0113. The van der Waals surface area contributed by atoms with Gasteiger partial charge in [0, 0.05) is 24.9 Å². The molecule has 2 saturated heterocycles. The maximum absolute atomic E-state index is 11.0. The summed E-state index contributed by atoms with van der Waals surface area (Å²) in [7, 11) is 0. The van der Waals surface area contributed by atoms with Crippen LogP contribution in [0.5, 0.6) is 0 Å². The molecule has 0 spiro atoms. The molecule has 0 aliphatic carbocycles. The molecule has 102 valence electrons. The first kappa shape index (κ1) is 13.5. The first-order valence-electron chi connectivity index (χ1n) is 6.62. The number of hydrogen-bond acceptors (Lipinski definition) is 4. The first-order chi connectivity index (χ1) is 8.72. The molecule has 0 aromatic heterocycles. The van der Waals surface area contributed by atoms with Gasteiger partial charge in [0.15, 0.2) is 0 Å². The molecule has 1 N–H and O–H groups in total. The summed E-state index contributed by atoms with van der Waals surface area (Å²) in [4.78, 5) is 21.3. The van der Waals surface area contributed by atoms with Crippen molar-refractivity contribution in [1.82, 2.24) is 0 Å². The standard InChI is InChI=1S/C13H20O5/c14-7-9-10(12-5-4-11(9)18-12)8-17-6-2-1-3-13(15)16/h7,9-12H,1-6,8H2,(H,15,16)/t9-,10?,11-,12-/m0/s1. The number of carboxylic acids is 1. The Bertz CT molecular complexity index is 304. The fraction of sp³-hybridized carbons (Fsp3) is 0.846. The number of unbranched alkanes of at least 4 members (excludes halogenated alkanes) is 1. The number of hydrogen-bond donors (Lipinski definition) is 1. The predicted molar refractivity (Wildman–Crippen MR) is 63.2 cm³/mol. The largest absolute Gasteiger partial charge is 0.481 e. The summed E-state index contributed by atoms with van der Waals surface area (Å²) in [5, 5.41) is 8.48. The number of ether oxygens (including phenoxy) is 2. The average molecular weight is 256 g/mol. The maximum atomic E-state index is 11.0. The van der Waals surface area contributed by atoms with E-state index in [9.17, 15) is 9.59 Å². The van der Waals surface area contributed by atoms with Gasteiger partial charge in [0.2, 0.25) is 0 Å². The fourth-order valence-corrected chi connectivity index (χ4v) is 2.92. The van der Waals surface area contributed by atoms with E-state index in [0.717, 1.165) is 25.5 Å². The van der Waals surface area contributed by atoms with Gasteiger partial charge in [0.25, 0.3) is 0 Å². The van der Waals surface area contributed by atoms with Crippen LogP contribution in [0, 0.1) is 11.8 Å². The van der Waals surface area contributed by atoms with Crippen LogP contribution in [0.25, 0.3) is 0 Å². The molecule has 1 unspecified atom stereocenters. The molecule has 2 rings (SSSR count). The second-order valence-electron chi connectivity index (χ2n) is 5.09. The highest BCUT2D eigenvalue weighted by atomic mass is 16.5. The number of carboxylic acid groups (broad SMARTS) is 1. The van der Waals surface area contributed by atoms with E-state index in [1.165, 1.54) is 0 Å². The van der Waals surface area contributed by atoms with Gasteiger partial charge in [-0.1, -0.05) is 0 Å². The van der Waals surface area contributed by atoms with E-state index in [1.54, 1.807) is 0 Å². The molecule has 18 heavy (non-hydrogen) atoms. The summed E-state index contributed by atoms with van der Waals surface area (Å²) in [6, 6.07) is 0. The number of carbonyl (C=O) groups excluding carboxylic acids is 1. The van der Waals surface area contributed by atoms with Crippen LogP contribution in [0.4, 0.5) is 0 Å². The molecule has 2 aliphatic rings. The summed E-state index contributed by atoms with van der Waals surface area (Å²) in [6.07, 6.45) is 4.89. The summed E-state index contributed by atoms with van der Waals surface area (Å²) in [6.45, 7) is 1.12. The molecule has 5 heteroatoms. The van der Waals surface area contributed by atoms with Crippen molar-refractivity contribution in [1.29, 1.82) is 0 Å². The quantitative estimate of drug-likeness (QED) is 0.522. The van der Waals surface area contributed by atoms with E-state index in [4.69, 9.17) is 14.6 Å². The lowest BCUT2D eigenvalue weighted by atomic mass is 9.81. The Labute approximate surface area is 106 Å². The Hall–Kier alpha value is -0.940. The van der Waals surface area contributed by atoms with Crippen LogP contribution in [0.15, 0.2) is 0 Å². The lowest BCUT2D eigenvalue weighted by Crippen LogP contribution is -2.31. The predicted octanol–water partition coefficient (Wildman–Crippen LogP) is 1.25. The third-order valence-electron chi connectivity index (χ3n) is 3.88. The highest BCUT2D eigenvalue weighted by Crippen LogP contribution is 2.42. The Morgan fingerprint density at radius 3 is 2.83 bits per heavy atom. The summed E-state index contributed by atoms with van der Waals surface area (Å²) < 4.78 is 11.3. The summed E-state index contributed by atoms with van der Waals surface area (Å²) >= 11 is 0. The Kier molecular flexibility index (Phi) is 4.72. The van der Waals surface area contributed by atoms with Gasteiger partial charge in [-0.15, -0.1) is 0 Å². The number of carbonyl (C=O) groups is 2. The van der Waals surface area contributed by atoms with Crippen molar-refractivity contribution in [3.8, 4) is 0 Å². The molecule has 0 saturated carbocycles. The molecule has 2 heterocycles. The van der Waals surface area contributed by atoms with Crippen molar-refractivity contribution in [3.63, 3.8) is 0 Å². The Morgan fingerprint density at radius 1 is 1.33 bits per heavy atom. The average Bonchev–Trinajstić information content (AvgIpc) is 2.93. The molecule has 0 aromatic carbocycles. The van der Waals surface area contributed by atoms with Crippen molar-refractivity contribution < 1.29 is 24.2 Å². The van der Waals surface area contributed by atoms with Gasteiger partial charge < -0.3 is 19.4 Å². The van der Waals surface area contributed by atoms with Gasteiger partial charge in [-0.05, 0) is 25.7 Å². The minimum atomic E-state index is -0.766. The van der Waals surface area contributed by atoms with E-state index in [0.29, 0.717) is 19.6 Å². The van der Waals surface area contributed by atoms with Crippen LogP contribution < -0.4 is 0 Å². The Balaban J connectivity index is 1.61. The normalized spacial score (nSPS) is 33.8. The van der Waals surface area contributed by atoms with E-state index in [-0.39, 0.29) is 30.5 Å². The second kappa shape index (κ2) is 6.29. The molecule has 0 amide bonds. The topological polar surface area (TPSA) is 72.8 Å². The smallest absolute Gasteiger partial charge is 0.303 e. The van der Waals surface area contributed by atoms with Crippen molar-refractivity contribution >= 4 is 12.3 Å². The van der Waals surface area contributed by atoms with Crippen molar-refractivity contribution in [2.75, 3.05) is 13.2 Å². The lowest BCUT2D eigenvalue weighted by Gasteiger charge is -2.23. The third kappa shape index (κ3) is 3.09. The van der Waals surface area contributed by atoms with Crippen molar-refractivity contribution in [2.24, 2.45) is 11.8 Å². The number of rotatable bonds is 8. The van der Waals surface area contributed by atoms with Crippen LogP contribution in [0.3, 0.4) is 0 Å². The maximum Gasteiger partial charge on any atom is 0.303 e. The SMILES string of the molecule is O=C[C@H]1C(COCCCCC(=O)O)[C@@H]2CC[C@@H]1O2. The molecule has 4 atom stereocenters. The van der Waals surface area contributed by atoms with Gasteiger partial charge in [0.1, 0.15) is 6.29 Å². The molecular formula is C13H20O5.